The summed E-state index contributed by atoms with van der Waals surface area (Å²) in [6.07, 6.45) is 3.21. The molecule has 2 aromatic carbocycles. The van der Waals surface area contributed by atoms with Crippen LogP contribution in [0.15, 0.2) is 48.5 Å². The fraction of sp³-hybridized carbons (Fsp3) is 0.350. The Balaban J connectivity index is 1.69. The summed E-state index contributed by atoms with van der Waals surface area (Å²) in [6.45, 7) is -2.60. The lowest BCUT2D eigenvalue weighted by Gasteiger charge is -2.28. The van der Waals surface area contributed by atoms with Gasteiger partial charge in [0.25, 0.3) is 0 Å². The highest BCUT2D eigenvalue weighted by molar-refractivity contribution is 5.88. The zero-order chi connectivity index (χ0) is 18.6. The second kappa shape index (κ2) is 7.81. The Hall–Kier alpha value is -2.50. The molecule has 1 saturated carbocycles. The molecule has 26 heavy (non-hydrogen) atoms. The highest BCUT2D eigenvalue weighted by Gasteiger charge is 2.42. The van der Waals surface area contributed by atoms with Crippen LogP contribution in [0.1, 0.15) is 36.8 Å². The molecule has 0 aromatic heterocycles. The van der Waals surface area contributed by atoms with Gasteiger partial charge in [0.15, 0.2) is 0 Å². The molecule has 0 atom stereocenters. The fourth-order valence-corrected chi connectivity index (χ4v) is 3.55. The third-order valence-electron chi connectivity index (χ3n) is 4.87. The van der Waals surface area contributed by atoms with Crippen molar-refractivity contribution in [2.24, 2.45) is 0 Å². The third kappa shape index (κ3) is 4.00. The molecule has 6 heteroatoms. The monoisotopic (exact) mass is 363 g/mol. The molecule has 3 nitrogen and oxygen atoms in total. The zero-order valence-corrected chi connectivity index (χ0v) is 14.2. The molecule has 1 aliphatic rings. The standard InChI is InChI=1S/C20H20F3NO2/c21-16-5-3-4-15(12-16)20(10-1-2-11-20)18(25)24-13-14-6-8-17(9-7-14)26-19(22)23/h3-9,12,19H,1-2,10-11,13H2,(H,24,25). The highest BCUT2D eigenvalue weighted by Crippen LogP contribution is 2.41. The number of amides is 1. The Morgan fingerprint density at radius 3 is 2.42 bits per heavy atom. The topological polar surface area (TPSA) is 38.3 Å². The van der Waals surface area contributed by atoms with Gasteiger partial charge in [-0.3, -0.25) is 4.79 Å². The minimum absolute atomic E-state index is 0.0714. The van der Waals surface area contributed by atoms with Crippen LogP contribution in [-0.2, 0) is 16.8 Å². The van der Waals surface area contributed by atoms with Crippen molar-refractivity contribution in [3.63, 3.8) is 0 Å². The van der Waals surface area contributed by atoms with Gasteiger partial charge in [0.2, 0.25) is 5.91 Å². The predicted molar refractivity (Wildman–Crippen MR) is 91.5 cm³/mol. The number of carbonyl (C=O) groups is 1. The Bertz CT molecular complexity index is 756. The van der Waals surface area contributed by atoms with Crippen molar-refractivity contribution in [3.05, 3.63) is 65.5 Å². The molecule has 0 unspecified atom stereocenters. The van der Waals surface area contributed by atoms with E-state index in [0.717, 1.165) is 18.4 Å². The van der Waals surface area contributed by atoms with Crippen molar-refractivity contribution in [1.29, 1.82) is 0 Å². The van der Waals surface area contributed by atoms with Crippen LogP contribution in [0.4, 0.5) is 13.2 Å². The van der Waals surface area contributed by atoms with Crippen molar-refractivity contribution in [3.8, 4) is 5.75 Å². The van der Waals surface area contributed by atoms with Gasteiger partial charge in [0, 0.05) is 6.54 Å². The van der Waals surface area contributed by atoms with E-state index in [0.29, 0.717) is 18.4 Å². The largest absolute Gasteiger partial charge is 0.435 e. The molecule has 0 saturated heterocycles. The van der Waals surface area contributed by atoms with Gasteiger partial charge >= 0.3 is 6.61 Å². The van der Waals surface area contributed by atoms with Crippen LogP contribution < -0.4 is 10.1 Å². The van der Waals surface area contributed by atoms with Gasteiger partial charge in [-0.25, -0.2) is 4.39 Å². The van der Waals surface area contributed by atoms with Gasteiger partial charge in [-0.2, -0.15) is 8.78 Å². The molecule has 138 valence electrons. The SMILES string of the molecule is O=C(NCc1ccc(OC(F)F)cc1)C1(c2cccc(F)c2)CCCC1. The Morgan fingerprint density at radius 1 is 1.12 bits per heavy atom. The number of hydrogen-bond acceptors (Lipinski definition) is 2. The molecule has 0 heterocycles. The average Bonchev–Trinajstić information content (AvgIpc) is 3.11. The summed E-state index contributed by atoms with van der Waals surface area (Å²) >= 11 is 0. The van der Waals surface area contributed by atoms with Crippen molar-refractivity contribution in [2.75, 3.05) is 0 Å². The van der Waals surface area contributed by atoms with E-state index in [4.69, 9.17) is 0 Å². The summed E-state index contributed by atoms with van der Waals surface area (Å²) < 4.78 is 42.3. The second-order valence-electron chi connectivity index (χ2n) is 6.50. The van der Waals surface area contributed by atoms with Gasteiger partial charge in [0.05, 0.1) is 5.41 Å². The molecule has 3 rings (SSSR count). The van der Waals surface area contributed by atoms with Gasteiger partial charge in [-0.05, 0) is 48.2 Å². The van der Waals surface area contributed by atoms with Crippen molar-refractivity contribution in [2.45, 2.75) is 44.3 Å². The maximum Gasteiger partial charge on any atom is 0.387 e. The Morgan fingerprint density at radius 2 is 1.81 bits per heavy atom. The predicted octanol–water partition coefficient (Wildman–Crippen LogP) is 4.56. The fourth-order valence-electron chi connectivity index (χ4n) is 3.55. The smallest absolute Gasteiger partial charge is 0.387 e. The van der Waals surface area contributed by atoms with Gasteiger partial charge < -0.3 is 10.1 Å². The van der Waals surface area contributed by atoms with Crippen LogP contribution in [0.5, 0.6) is 5.75 Å². The first-order valence-corrected chi connectivity index (χ1v) is 8.58. The summed E-state index contributed by atoms with van der Waals surface area (Å²) in [4.78, 5) is 12.9. The number of rotatable bonds is 6. The summed E-state index contributed by atoms with van der Waals surface area (Å²) in [5, 5.41) is 2.91. The van der Waals surface area contributed by atoms with E-state index in [-0.39, 0.29) is 24.0 Å². The van der Waals surface area contributed by atoms with E-state index in [1.54, 1.807) is 24.3 Å². The van der Waals surface area contributed by atoms with Crippen LogP contribution >= 0.6 is 0 Å². The lowest BCUT2D eigenvalue weighted by Crippen LogP contribution is -2.42. The van der Waals surface area contributed by atoms with Crippen molar-refractivity contribution >= 4 is 5.91 Å². The van der Waals surface area contributed by atoms with Gasteiger partial charge in [0.1, 0.15) is 11.6 Å². The molecule has 2 aromatic rings. The van der Waals surface area contributed by atoms with Crippen LogP contribution in [0, 0.1) is 5.82 Å². The Labute approximate surface area is 150 Å². The first-order chi connectivity index (χ1) is 12.5. The lowest BCUT2D eigenvalue weighted by atomic mass is 9.78. The maximum atomic E-state index is 13.6. The van der Waals surface area contributed by atoms with Crippen molar-refractivity contribution < 1.29 is 22.7 Å². The number of benzene rings is 2. The van der Waals surface area contributed by atoms with E-state index >= 15 is 0 Å². The summed E-state index contributed by atoms with van der Waals surface area (Å²) in [7, 11) is 0. The lowest BCUT2D eigenvalue weighted by molar-refractivity contribution is -0.126. The molecule has 0 radical (unpaired) electrons. The van der Waals surface area contributed by atoms with Gasteiger partial charge in [-0.15, -0.1) is 0 Å². The third-order valence-corrected chi connectivity index (χ3v) is 4.87. The van der Waals surface area contributed by atoms with E-state index in [1.807, 2.05) is 0 Å². The minimum Gasteiger partial charge on any atom is -0.435 e. The molecule has 0 bridgehead atoms. The van der Waals surface area contributed by atoms with E-state index in [2.05, 4.69) is 10.1 Å². The van der Waals surface area contributed by atoms with Crippen LogP contribution in [-0.4, -0.2) is 12.5 Å². The van der Waals surface area contributed by atoms with E-state index < -0.39 is 12.0 Å². The highest BCUT2D eigenvalue weighted by atomic mass is 19.3. The molecule has 1 amide bonds. The van der Waals surface area contributed by atoms with E-state index in [9.17, 15) is 18.0 Å². The second-order valence-corrected chi connectivity index (χ2v) is 6.50. The number of alkyl halides is 2. The molecule has 0 spiro atoms. The summed E-state index contributed by atoms with van der Waals surface area (Å²) in [5.74, 6) is -0.410. The normalized spacial score (nSPS) is 15.8. The molecule has 0 aliphatic heterocycles. The number of ether oxygens (including phenoxy) is 1. The number of nitrogens with one attached hydrogen (secondary N) is 1. The van der Waals surface area contributed by atoms with Gasteiger partial charge in [-0.1, -0.05) is 37.1 Å². The summed E-state index contributed by atoms with van der Waals surface area (Å²) in [6, 6.07) is 12.3. The number of carbonyl (C=O) groups excluding carboxylic acids is 1. The first-order valence-electron chi connectivity index (χ1n) is 8.58. The first kappa shape index (κ1) is 18.3. The Kier molecular flexibility index (Phi) is 5.49. The number of hydrogen-bond donors (Lipinski definition) is 1. The molecular weight excluding hydrogens is 343 g/mol. The molecule has 1 fully saturated rings. The van der Waals surface area contributed by atoms with Crippen LogP contribution in [0.2, 0.25) is 0 Å². The van der Waals surface area contributed by atoms with Crippen molar-refractivity contribution in [1.82, 2.24) is 5.32 Å². The molecule has 1 aliphatic carbocycles. The molecular formula is C20H20F3NO2. The quantitative estimate of drug-likeness (QED) is 0.817. The number of halogens is 3. The maximum absolute atomic E-state index is 13.6. The summed E-state index contributed by atoms with van der Waals surface area (Å²) in [5.41, 5.74) is 0.765. The van der Waals surface area contributed by atoms with Crippen LogP contribution in [0.3, 0.4) is 0 Å². The zero-order valence-electron chi connectivity index (χ0n) is 14.2. The molecule has 1 N–H and O–H groups in total. The van der Waals surface area contributed by atoms with Crippen LogP contribution in [0.25, 0.3) is 0 Å². The minimum atomic E-state index is -2.87. The van der Waals surface area contributed by atoms with E-state index in [1.165, 1.54) is 24.3 Å². The average molecular weight is 363 g/mol.